The van der Waals surface area contributed by atoms with Gasteiger partial charge in [0.15, 0.2) is 5.82 Å². The Morgan fingerprint density at radius 2 is 1.90 bits per heavy atom. The summed E-state index contributed by atoms with van der Waals surface area (Å²) in [6.07, 6.45) is 8.31. The number of anilines is 6. The molecule has 40 heavy (non-hydrogen) atoms. The molecule has 5 rings (SSSR count). The van der Waals surface area contributed by atoms with E-state index in [4.69, 9.17) is 9.72 Å². The molecular weight excluding hydrogens is 502 g/mol. The van der Waals surface area contributed by atoms with E-state index < -0.39 is 0 Å². The van der Waals surface area contributed by atoms with Crippen molar-refractivity contribution in [3.63, 3.8) is 0 Å². The quantitative estimate of drug-likeness (QED) is 0.316. The third-order valence-electron chi connectivity index (χ3n) is 7.80. The maximum Gasteiger partial charge on any atom is 0.260 e. The first-order valence-electron chi connectivity index (χ1n) is 14.1. The Balaban J connectivity index is 1.33. The van der Waals surface area contributed by atoms with Crippen LogP contribution in [0.2, 0.25) is 0 Å². The number of nitrogens with zero attached hydrogens (tertiary/aromatic N) is 5. The molecular formula is C31H39N7O2. The summed E-state index contributed by atoms with van der Waals surface area (Å²) < 4.78 is 6.05. The number of ether oxygens (including phenoxy) is 1. The summed E-state index contributed by atoms with van der Waals surface area (Å²) in [5.74, 6) is 2.54. The predicted octanol–water partition coefficient (Wildman–Crippen LogP) is 5.71. The van der Waals surface area contributed by atoms with Crippen LogP contribution in [-0.2, 0) is 0 Å². The number of hydrogen-bond acceptors (Lipinski definition) is 8. The number of aromatic nitrogens is 2. The topological polar surface area (TPSA) is 85.9 Å². The molecule has 0 bridgehead atoms. The maximum atomic E-state index is 13.1. The molecule has 3 heterocycles. The van der Waals surface area contributed by atoms with E-state index in [0.29, 0.717) is 29.6 Å². The molecule has 2 aromatic carbocycles. The molecule has 9 heteroatoms. The Kier molecular flexibility index (Phi) is 8.38. The van der Waals surface area contributed by atoms with Gasteiger partial charge in [0, 0.05) is 45.5 Å². The fraction of sp³-hybridized carbons (Fsp3) is 0.387. The Morgan fingerprint density at radius 3 is 2.67 bits per heavy atom. The van der Waals surface area contributed by atoms with Crippen LogP contribution in [0.1, 0.15) is 43.0 Å². The van der Waals surface area contributed by atoms with Gasteiger partial charge in [-0.1, -0.05) is 18.7 Å². The van der Waals surface area contributed by atoms with Gasteiger partial charge in [0.05, 0.1) is 29.7 Å². The van der Waals surface area contributed by atoms with Crippen molar-refractivity contribution in [2.75, 3.05) is 60.4 Å². The van der Waals surface area contributed by atoms with E-state index in [-0.39, 0.29) is 5.91 Å². The van der Waals surface area contributed by atoms with Crippen molar-refractivity contribution in [3.8, 4) is 5.75 Å². The van der Waals surface area contributed by atoms with Crippen molar-refractivity contribution in [3.05, 3.63) is 67.0 Å². The summed E-state index contributed by atoms with van der Waals surface area (Å²) in [5.41, 5.74) is 4.05. The van der Waals surface area contributed by atoms with Gasteiger partial charge in [0.2, 0.25) is 5.95 Å². The highest BCUT2D eigenvalue weighted by Gasteiger charge is 2.29. The molecule has 0 aliphatic carbocycles. The zero-order valence-electron chi connectivity index (χ0n) is 23.7. The third kappa shape index (κ3) is 5.68. The van der Waals surface area contributed by atoms with Crippen molar-refractivity contribution < 1.29 is 9.53 Å². The number of fused-ring (bicyclic) bond motifs is 2. The second-order valence-corrected chi connectivity index (χ2v) is 10.3. The molecule has 0 spiro atoms. The van der Waals surface area contributed by atoms with Crippen LogP contribution in [0.4, 0.5) is 34.5 Å². The number of amides is 1. The van der Waals surface area contributed by atoms with E-state index in [2.05, 4.69) is 39.2 Å². The van der Waals surface area contributed by atoms with Crippen LogP contribution in [-0.4, -0.2) is 56.2 Å². The number of hydrogen-bond donors (Lipinski definition) is 2. The number of rotatable bonds is 10. The molecule has 2 aliphatic heterocycles. The number of carbonyl (C=O) groups is 1. The van der Waals surface area contributed by atoms with Crippen LogP contribution < -0.4 is 30.1 Å². The van der Waals surface area contributed by atoms with Gasteiger partial charge in [-0.3, -0.25) is 4.79 Å². The van der Waals surface area contributed by atoms with E-state index in [1.54, 1.807) is 24.3 Å². The van der Waals surface area contributed by atoms with Crippen LogP contribution in [0.25, 0.3) is 0 Å². The molecule has 1 fully saturated rings. The number of para-hydroxylation sites is 1. The maximum absolute atomic E-state index is 13.1. The molecule has 2 N–H and O–H groups in total. The lowest BCUT2D eigenvalue weighted by Crippen LogP contribution is -2.33. The smallest absolute Gasteiger partial charge is 0.260 e. The van der Waals surface area contributed by atoms with Crippen molar-refractivity contribution in [2.24, 2.45) is 5.92 Å². The highest BCUT2D eigenvalue weighted by atomic mass is 16.5. The Hall–Kier alpha value is -4.27. The normalized spacial score (nSPS) is 15.3. The zero-order chi connectivity index (χ0) is 28.1. The molecule has 2 aliphatic rings. The first-order chi connectivity index (χ1) is 19.5. The number of carbonyl (C=O) groups excluding carboxylic acids is 1. The van der Waals surface area contributed by atoms with Crippen LogP contribution in [0, 0.1) is 5.92 Å². The molecule has 3 aromatic rings. The molecule has 0 radical (unpaired) electrons. The van der Waals surface area contributed by atoms with Crippen LogP contribution >= 0.6 is 0 Å². The standard InChI is InChI=1S/C31H39N7O2/c1-5-32-17-9-10-22-15-18-38(19-16-22)23-13-14-25(28(20-23)40-6-2)34-31-33-21-27-29(35-31)36(3)26-12-8-7-11-24(26)30(39)37(27)4/h5,7-8,11-14,20-22,32H,1,6,9-10,15-19H2,2-4H3,(H,33,34,35). The summed E-state index contributed by atoms with van der Waals surface area (Å²) in [7, 11) is 3.67. The highest BCUT2D eigenvalue weighted by molar-refractivity contribution is 6.13. The van der Waals surface area contributed by atoms with Gasteiger partial charge < -0.3 is 30.1 Å². The number of nitrogens with one attached hydrogen (secondary N) is 2. The molecule has 1 aromatic heterocycles. The summed E-state index contributed by atoms with van der Waals surface area (Å²) in [6, 6.07) is 13.8. The Labute approximate surface area is 236 Å². The Morgan fingerprint density at radius 1 is 1.10 bits per heavy atom. The first-order valence-corrected chi connectivity index (χ1v) is 14.1. The van der Waals surface area contributed by atoms with E-state index >= 15 is 0 Å². The second-order valence-electron chi connectivity index (χ2n) is 10.3. The van der Waals surface area contributed by atoms with Gasteiger partial charge in [0.25, 0.3) is 5.91 Å². The minimum Gasteiger partial charge on any atom is -0.492 e. The molecule has 0 atom stereocenters. The van der Waals surface area contributed by atoms with Crippen molar-refractivity contribution in [2.45, 2.75) is 32.6 Å². The second kappa shape index (κ2) is 12.3. The van der Waals surface area contributed by atoms with Gasteiger partial charge in [0.1, 0.15) is 11.4 Å². The van der Waals surface area contributed by atoms with Crippen LogP contribution in [0.3, 0.4) is 0 Å². The van der Waals surface area contributed by atoms with Crippen molar-refractivity contribution >= 4 is 40.4 Å². The Bertz CT molecular complexity index is 1350. The van der Waals surface area contributed by atoms with Crippen LogP contribution in [0.15, 0.2) is 61.4 Å². The van der Waals surface area contributed by atoms with E-state index in [0.717, 1.165) is 42.7 Å². The molecule has 0 saturated carbocycles. The monoisotopic (exact) mass is 541 g/mol. The van der Waals surface area contributed by atoms with Gasteiger partial charge >= 0.3 is 0 Å². The molecule has 9 nitrogen and oxygen atoms in total. The highest BCUT2D eigenvalue weighted by Crippen LogP contribution is 2.39. The van der Waals surface area contributed by atoms with Gasteiger partial charge in [-0.15, -0.1) is 0 Å². The average molecular weight is 542 g/mol. The van der Waals surface area contributed by atoms with E-state index in [9.17, 15) is 4.79 Å². The third-order valence-corrected chi connectivity index (χ3v) is 7.80. The SMILES string of the molecule is C=CNCCCC1CCN(c2ccc(Nc3ncc4c(n3)N(C)c3ccccc3C(=O)N4C)c(OCC)c2)CC1. The van der Waals surface area contributed by atoms with Crippen molar-refractivity contribution in [1.82, 2.24) is 15.3 Å². The first kappa shape index (κ1) is 27.3. The van der Waals surface area contributed by atoms with E-state index in [1.165, 1.54) is 31.4 Å². The van der Waals surface area contributed by atoms with Crippen LogP contribution in [0.5, 0.6) is 5.75 Å². The fourth-order valence-electron chi connectivity index (χ4n) is 5.54. The minimum atomic E-state index is -0.0894. The summed E-state index contributed by atoms with van der Waals surface area (Å²) >= 11 is 0. The van der Waals surface area contributed by atoms with Crippen molar-refractivity contribution in [1.29, 1.82) is 0 Å². The molecule has 1 amide bonds. The minimum absolute atomic E-state index is 0.0894. The number of benzene rings is 2. The molecule has 210 valence electrons. The molecule has 1 saturated heterocycles. The van der Waals surface area contributed by atoms with E-state index in [1.807, 2.05) is 49.2 Å². The lowest BCUT2D eigenvalue weighted by atomic mass is 9.92. The van der Waals surface area contributed by atoms with Gasteiger partial charge in [-0.05, 0) is 69.0 Å². The largest absolute Gasteiger partial charge is 0.492 e. The zero-order valence-corrected chi connectivity index (χ0v) is 23.7. The van der Waals surface area contributed by atoms with Gasteiger partial charge in [-0.2, -0.15) is 4.98 Å². The number of piperidine rings is 1. The molecule has 0 unspecified atom stereocenters. The summed E-state index contributed by atoms with van der Waals surface area (Å²) in [4.78, 5) is 28.4. The lowest BCUT2D eigenvalue weighted by Gasteiger charge is -2.34. The summed E-state index contributed by atoms with van der Waals surface area (Å²) in [6.45, 7) is 9.36. The lowest BCUT2D eigenvalue weighted by molar-refractivity contribution is 0.0994. The summed E-state index contributed by atoms with van der Waals surface area (Å²) in [5, 5.41) is 6.56. The van der Waals surface area contributed by atoms with Gasteiger partial charge in [-0.25, -0.2) is 4.98 Å². The predicted molar refractivity (Wildman–Crippen MR) is 163 cm³/mol. The fourth-order valence-corrected chi connectivity index (χ4v) is 5.54. The average Bonchev–Trinajstić information content (AvgIpc) is 3.06.